The lowest BCUT2D eigenvalue weighted by molar-refractivity contribution is -0.115. The van der Waals surface area contributed by atoms with Crippen LogP contribution in [0.2, 0.25) is 0 Å². The second-order valence-corrected chi connectivity index (χ2v) is 6.96. The molecule has 1 aromatic rings. The van der Waals surface area contributed by atoms with Gasteiger partial charge in [0.25, 0.3) is 0 Å². The number of amides is 1. The fourth-order valence-corrected chi connectivity index (χ4v) is 3.82. The van der Waals surface area contributed by atoms with Crippen molar-refractivity contribution in [3.63, 3.8) is 0 Å². The summed E-state index contributed by atoms with van der Waals surface area (Å²) >= 11 is 0. The van der Waals surface area contributed by atoms with Crippen LogP contribution in [0.15, 0.2) is 24.3 Å². The van der Waals surface area contributed by atoms with Gasteiger partial charge in [0.15, 0.2) is 0 Å². The maximum atomic E-state index is 12.4. The van der Waals surface area contributed by atoms with Crippen LogP contribution in [0.1, 0.15) is 20.3 Å². The molecule has 4 unspecified atom stereocenters. The van der Waals surface area contributed by atoms with Crippen LogP contribution in [0, 0.1) is 0 Å². The van der Waals surface area contributed by atoms with E-state index in [0.717, 1.165) is 6.42 Å². The number of benzene rings is 1. The van der Waals surface area contributed by atoms with Gasteiger partial charge in [-0.3, -0.25) is 9.00 Å². The van der Waals surface area contributed by atoms with E-state index in [-0.39, 0.29) is 17.3 Å². The third-order valence-corrected chi connectivity index (χ3v) is 5.60. The first-order valence-corrected chi connectivity index (χ1v) is 7.94. The number of nitrogen functional groups attached to an aromatic ring is 1. The average molecular weight is 296 g/mol. The summed E-state index contributed by atoms with van der Waals surface area (Å²) in [5.74, 6) is -0.256. The Kier molecular flexibility index (Phi) is 4.77. The van der Waals surface area contributed by atoms with E-state index in [1.165, 1.54) is 0 Å². The van der Waals surface area contributed by atoms with Crippen molar-refractivity contribution in [1.82, 2.24) is 0 Å². The summed E-state index contributed by atoms with van der Waals surface area (Å²) in [5.41, 5.74) is 6.86. The summed E-state index contributed by atoms with van der Waals surface area (Å²) in [4.78, 5) is 12.1. The van der Waals surface area contributed by atoms with Gasteiger partial charge in [0.2, 0.25) is 5.91 Å². The van der Waals surface area contributed by atoms with Crippen LogP contribution in [-0.4, -0.2) is 33.3 Å². The van der Waals surface area contributed by atoms with Crippen LogP contribution in [0.25, 0.3) is 0 Å². The molecule has 2 rings (SSSR count). The molecular formula is C14H20N2O3S. The van der Waals surface area contributed by atoms with Gasteiger partial charge in [-0.1, -0.05) is 6.07 Å². The highest BCUT2D eigenvalue weighted by atomic mass is 32.2. The number of ether oxygens (including phenoxy) is 1. The molecule has 1 aromatic carbocycles. The quantitative estimate of drug-likeness (QED) is 0.825. The molecule has 6 heteroatoms. The van der Waals surface area contributed by atoms with Gasteiger partial charge in [-0.25, -0.2) is 0 Å². The predicted molar refractivity (Wildman–Crippen MR) is 80.9 cm³/mol. The maximum absolute atomic E-state index is 12.4. The molecule has 4 atom stereocenters. The third kappa shape index (κ3) is 3.37. The highest BCUT2D eigenvalue weighted by molar-refractivity contribution is 7.87. The number of carbonyl (C=O) groups is 1. The van der Waals surface area contributed by atoms with E-state index < -0.39 is 16.0 Å². The molecule has 20 heavy (non-hydrogen) atoms. The second kappa shape index (κ2) is 6.37. The van der Waals surface area contributed by atoms with E-state index in [9.17, 15) is 9.00 Å². The van der Waals surface area contributed by atoms with Crippen molar-refractivity contribution in [2.24, 2.45) is 0 Å². The van der Waals surface area contributed by atoms with Gasteiger partial charge in [0, 0.05) is 28.8 Å². The van der Waals surface area contributed by atoms with Gasteiger partial charge in [-0.15, -0.1) is 0 Å². The Morgan fingerprint density at radius 3 is 2.90 bits per heavy atom. The van der Waals surface area contributed by atoms with Crippen molar-refractivity contribution in [2.45, 2.75) is 36.9 Å². The SMILES string of the molecule is CC1OCCC1S(=O)C(C)C(=O)Nc1cccc(N)c1. The molecule has 1 saturated heterocycles. The Labute approximate surface area is 121 Å². The Balaban J connectivity index is 1.99. The average Bonchev–Trinajstić information content (AvgIpc) is 2.83. The summed E-state index contributed by atoms with van der Waals surface area (Å²) in [5, 5.41) is 2.10. The third-order valence-electron chi connectivity index (χ3n) is 3.48. The number of hydrogen-bond donors (Lipinski definition) is 2. The van der Waals surface area contributed by atoms with E-state index in [4.69, 9.17) is 10.5 Å². The Morgan fingerprint density at radius 2 is 2.30 bits per heavy atom. The normalized spacial score (nSPS) is 25.1. The molecule has 0 aliphatic carbocycles. The first kappa shape index (κ1) is 15.0. The molecule has 3 N–H and O–H groups in total. The summed E-state index contributed by atoms with van der Waals surface area (Å²) in [6.45, 7) is 4.20. The summed E-state index contributed by atoms with van der Waals surface area (Å²) in [6, 6.07) is 6.94. The molecule has 1 fully saturated rings. The van der Waals surface area contributed by atoms with Gasteiger partial charge in [-0.05, 0) is 38.5 Å². The highest BCUT2D eigenvalue weighted by Crippen LogP contribution is 2.22. The standard InChI is InChI=1S/C14H20N2O3S/c1-9-13(6-7-19-9)20(18)10(2)14(17)16-12-5-3-4-11(15)8-12/h3-5,8-10,13H,6-7,15H2,1-2H3,(H,16,17). The molecule has 0 spiro atoms. The molecule has 110 valence electrons. The van der Waals surface area contributed by atoms with Gasteiger partial charge in [0.1, 0.15) is 5.25 Å². The number of rotatable bonds is 4. The van der Waals surface area contributed by atoms with E-state index in [1.807, 2.05) is 6.92 Å². The highest BCUT2D eigenvalue weighted by Gasteiger charge is 2.34. The number of carbonyl (C=O) groups excluding carboxylic acids is 1. The van der Waals surface area contributed by atoms with Gasteiger partial charge < -0.3 is 15.8 Å². The zero-order valence-electron chi connectivity index (χ0n) is 11.7. The Bertz CT molecular complexity index is 521. The first-order valence-electron chi connectivity index (χ1n) is 6.66. The molecule has 0 aromatic heterocycles. The van der Waals surface area contributed by atoms with Crippen LogP contribution in [0.4, 0.5) is 11.4 Å². The minimum Gasteiger partial charge on any atom is -0.399 e. The van der Waals surface area contributed by atoms with E-state index >= 15 is 0 Å². The molecule has 0 saturated carbocycles. The monoisotopic (exact) mass is 296 g/mol. The van der Waals surface area contributed by atoms with Crippen molar-refractivity contribution < 1.29 is 13.7 Å². The molecule has 0 bridgehead atoms. The number of nitrogens with one attached hydrogen (secondary N) is 1. The number of anilines is 2. The largest absolute Gasteiger partial charge is 0.399 e. The van der Waals surface area contributed by atoms with Crippen molar-refractivity contribution in [3.8, 4) is 0 Å². The Hall–Kier alpha value is -1.40. The predicted octanol–water partition coefficient (Wildman–Crippen LogP) is 1.52. The van der Waals surface area contributed by atoms with Crippen LogP contribution in [-0.2, 0) is 20.3 Å². The maximum Gasteiger partial charge on any atom is 0.239 e. The van der Waals surface area contributed by atoms with Crippen LogP contribution in [0.3, 0.4) is 0 Å². The zero-order valence-corrected chi connectivity index (χ0v) is 12.5. The minimum absolute atomic E-state index is 0.0570. The summed E-state index contributed by atoms with van der Waals surface area (Å²) in [6.07, 6.45) is 0.683. The molecule has 5 nitrogen and oxygen atoms in total. The van der Waals surface area contributed by atoms with Crippen molar-refractivity contribution in [1.29, 1.82) is 0 Å². The van der Waals surface area contributed by atoms with E-state index in [0.29, 0.717) is 18.0 Å². The lowest BCUT2D eigenvalue weighted by Crippen LogP contribution is -2.37. The van der Waals surface area contributed by atoms with Crippen LogP contribution in [0.5, 0.6) is 0 Å². The lowest BCUT2D eigenvalue weighted by Gasteiger charge is -2.18. The minimum atomic E-state index is -1.25. The lowest BCUT2D eigenvalue weighted by atomic mass is 10.2. The van der Waals surface area contributed by atoms with Gasteiger partial charge >= 0.3 is 0 Å². The molecule has 1 aliphatic rings. The summed E-state index contributed by atoms with van der Waals surface area (Å²) in [7, 11) is -1.25. The van der Waals surface area contributed by atoms with Crippen LogP contribution < -0.4 is 11.1 Å². The topological polar surface area (TPSA) is 81.4 Å². The summed E-state index contributed by atoms with van der Waals surface area (Å²) < 4.78 is 17.8. The number of nitrogens with two attached hydrogens (primary N) is 1. The van der Waals surface area contributed by atoms with Gasteiger partial charge in [-0.2, -0.15) is 0 Å². The van der Waals surface area contributed by atoms with Crippen molar-refractivity contribution in [2.75, 3.05) is 17.7 Å². The van der Waals surface area contributed by atoms with Crippen molar-refractivity contribution in [3.05, 3.63) is 24.3 Å². The first-order chi connectivity index (χ1) is 9.49. The van der Waals surface area contributed by atoms with Crippen LogP contribution >= 0.6 is 0 Å². The second-order valence-electron chi connectivity index (χ2n) is 4.99. The molecule has 0 radical (unpaired) electrons. The molecular weight excluding hydrogens is 276 g/mol. The number of hydrogen-bond acceptors (Lipinski definition) is 4. The fraction of sp³-hybridized carbons (Fsp3) is 0.500. The van der Waals surface area contributed by atoms with Crippen molar-refractivity contribution >= 4 is 28.1 Å². The zero-order chi connectivity index (χ0) is 14.7. The van der Waals surface area contributed by atoms with E-state index in [1.54, 1.807) is 31.2 Å². The molecule has 1 amide bonds. The Morgan fingerprint density at radius 1 is 1.55 bits per heavy atom. The molecule has 1 heterocycles. The van der Waals surface area contributed by atoms with E-state index in [2.05, 4.69) is 5.32 Å². The fourth-order valence-electron chi connectivity index (χ4n) is 2.25. The smallest absolute Gasteiger partial charge is 0.239 e. The molecule has 1 aliphatic heterocycles. The van der Waals surface area contributed by atoms with Gasteiger partial charge in [0.05, 0.1) is 11.4 Å².